The Balaban J connectivity index is 1.89. The van der Waals surface area contributed by atoms with E-state index in [9.17, 15) is 0 Å². The SMILES string of the molecule is ICC1(CC2CCOC2)CCOCC1. The minimum Gasteiger partial charge on any atom is -0.381 e. The molecule has 82 valence electrons. The first kappa shape index (κ1) is 11.1. The Kier molecular flexibility index (Phi) is 4.08. The Morgan fingerprint density at radius 2 is 1.93 bits per heavy atom. The fourth-order valence-corrected chi connectivity index (χ4v) is 3.63. The van der Waals surface area contributed by atoms with Gasteiger partial charge in [0.2, 0.25) is 0 Å². The van der Waals surface area contributed by atoms with Crippen molar-refractivity contribution in [2.75, 3.05) is 30.9 Å². The Morgan fingerprint density at radius 1 is 1.14 bits per heavy atom. The van der Waals surface area contributed by atoms with Crippen molar-refractivity contribution in [3.8, 4) is 0 Å². The topological polar surface area (TPSA) is 18.5 Å². The van der Waals surface area contributed by atoms with Crippen molar-refractivity contribution >= 4 is 22.6 Å². The lowest BCUT2D eigenvalue weighted by Gasteiger charge is -2.37. The van der Waals surface area contributed by atoms with Gasteiger partial charge in [-0.25, -0.2) is 0 Å². The molecule has 2 aliphatic heterocycles. The first-order valence-corrected chi connectivity index (χ1v) is 7.09. The summed E-state index contributed by atoms with van der Waals surface area (Å²) >= 11 is 2.55. The van der Waals surface area contributed by atoms with E-state index in [4.69, 9.17) is 9.47 Å². The molecule has 2 heterocycles. The third-order valence-electron chi connectivity index (χ3n) is 3.58. The molecule has 0 aliphatic carbocycles. The van der Waals surface area contributed by atoms with Gasteiger partial charge < -0.3 is 9.47 Å². The zero-order valence-corrected chi connectivity index (χ0v) is 10.8. The van der Waals surface area contributed by atoms with E-state index in [1.165, 1.54) is 30.1 Å². The zero-order valence-electron chi connectivity index (χ0n) is 8.64. The van der Waals surface area contributed by atoms with Gasteiger partial charge in [-0.2, -0.15) is 0 Å². The Morgan fingerprint density at radius 3 is 2.50 bits per heavy atom. The highest BCUT2D eigenvalue weighted by atomic mass is 127. The molecule has 0 bridgehead atoms. The Labute approximate surface area is 99.9 Å². The summed E-state index contributed by atoms with van der Waals surface area (Å²) in [6, 6.07) is 0. The first-order valence-electron chi connectivity index (χ1n) is 5.56. The third kappa shape index (κ3) is 2.61. The molecule has 0 radical (unpaired) electrons. The predicted octanol–water partition coefficient (Wildman–Crippen LogP) is 2.64. The summed E-state index contributed by atoms with van der Waals surface area (Å²) in [6.45, 7) is 3.92. The van der Waals surface area contributed by atoms with Gasteiger partial charge in [0.1, 0.15) is 0 Å². The monoisotopic (exact) mass is 310 g/mol. The summed E-state index contributed by atoms with van der Waals surface area (Å²) in [5.41, 5.74) is 0.567. The summed E-state index contributed by atoms with van der Waals surface area (Å²) in [7, 11) is 0. The largest absolute Gasteiger partial charge is 0.381 e. The smallest absolute Gasteiger partial charge is 0.0495 e. The van der Waals surface area contributed by atoms with E-state index in [-0.39, 0.29) is 0 Å². The van der Waals surface area contributed by atoms with E-state index in [2.05, 4.69) is 22.6 Å². The Hall–Kier alpha value is 0.650. The van der Waals surface area contributed by atoms with Gasteiger partial charge in [0, 0.05) is 30.9 Å². The number of hydrogen-bond acceptors (Lipinski definition) is 2. The second kappa shape index (κ2) is 5.12. The summed E-state index contributed by atoms with van der Waals surface area (Å²) in [5.74, 6) is 0.822. The fourth-order valence-electron chi connectivity index (χ4n) is 2.55. The summed E-state index contributed by atoms with van der Waals surface area (Å²) in [4.78, 5) is 0. The van der Waals surface area contributed by atoms with Crippen LogP contribution < -0.4 is 0 Å². The predicted molar refractivity (Wildman–Crippen MR) is 64.9 cm³/mol. The molecule has 0 aromatic carbocycles. The number of ether oxygens (including phenoxy) is 2. The van der Waals surface area contributed by atoms with Crippen LogP contribution in [0.25, 0.3) is 0 Å². The summed E-state index contributed by atoms with van der Waals surface area (Å²) in [5, 5.41) is 0. The molecule has 1 atom stereocenters. The van der Waals surface area contributed by atoms with Crippen LogP contribution in [0.5, 0.6) is 0 Å². The molecular weight excluding hydrogens is 291 g/mol. The second-order valence-electron chi connectivity index (χ2n) is 4.68. The highest BCUT2D eigenvalue weighted by molar-refractivity contribution is 14.1. The molecule has 0 amide bonds. The quantitative estimate of drug-likeness (QED) is 0.589. The molecule has 2 fully saturated rings. The van der Waals surface area contributed by atoms with E-state index in [1.807, 2.05) is 0 Å². The third-order valence-corrected chi connectivity index (χ3v) is 5.20. The van der Waals surface area contributed by atoms with Crippen LogP contribution in [0.4, 0.5) is 0 Å². The molecule has 0 N–H and O–H groups in total. The normalized spacial score (nSPS) is 31.9. The average Bonchev–Trinajstić information content (AvgIpc) is 2.72. The van der Waals surface area contributed by atoms with E-state index in [1.54, 1.807) is 0 Å². The van der Waals surface area contributed by atoms with Gasteiger partial charge in [-0.15, -0.1) is 0 Å². The lowest BCUT2D eigenvalue weighted by Crippen LogP contribution is -2.33. The van der Waals surface area contributed by atoms with Crippen LogP contribution >= 0.6 is 22.6 Å². The van der Waals surface area contributed by atoms with Crippen molar-refractivity contribution < 1.29 is 9.47 Å². The minimum absolute atomic E-state index is 0.567. The van der Waals surface area contributed by atoms with Crippen molar-refractivity contribution in [2.24, 2.45) is 11.3 Å². The number of alkyl halides is 1. The van der Waals surface area contributed by atoms with E-state index < -0.39 is 0 Å². The minimum atomic E-state index is 0.567. The van der Waals surface area contributed by atoms with Crippen molar-refractivity contribution in [1.82, 2.24) is 0 Å². The number of halogens is 1. The van der Waals surface area contributed by atoms with Crippen LogP contribution in [-0.4, -0.2) is 30.9 Å². The van der Waals surface area contributed by atoms with E-state index in [0.717, 1.165) is 32.3 Å². The maximum absolute atomic E-state index is 5.46. The van der Waals surface area contributed by atoms with Gasteiger partial charge in [-0.1, -0.05) is 22.6 Å². The standard InChI is InChI=1S/C11H19IO2/c12-9-11(2-5-13-6-3-11)7-10-1-4-14-8-10/h10H,1-9H2. The molecular formula is C11H19IO2. The van der Waals surface area contributed by atoms with Crippen LogP contribution in [0.2, 0.25) is 0 Å². The van der Waals surface area contributed by atoms with Gasteiger partial charge in [0.05, 0.1) is 0 Å². The maximum Gasteiger partial charge on any atom is 0.0495 e. The molecule has 3 heteroatoms. The second-order valence-corrected chi connectivity index (χ2v) is 5.44. The van der Waals surface area contributed by atoms with Crippen LogP contribution in [0.1, 0.15) is 25.7 Å². The maximum atomic E-state index is 5.46. The molecule has 0 saturated carbocycles. The molecule has 0 spiro atoms. The van der Waals surface area contributed by atoms with Gasteiger partial charge in [0.15, 0.2) is 0 Å². The molecule has 14 heavy (non-hydrogen) atoms. The fraction of sp³-hybridized carbons (Fsp3) is 1.00. The number of rotatable bonds is 3. The van der Waals surface area contributed by atoms with Gasteiger partial charge in [-0.05, 0) is 37.0 Å². The van der Waals surface area contributed by atoms with Crippen LogP contribution in [0.15, 0.2) is 0 Å². The highest BCUT2D eigenvalue weighted by Crippen LogP contribution is 2.40. The molecule has 2 saturated heterocycles. The zero-order chi connectivity index (χ0) is 9.86. The summed E-state index contributed by atoms with van der Waals surface area (Å²) < 4.78 is 12.2. The molecule has 2 rings (SSSR count). The molecule has 0 aromatic heterocycles. The van der Waals surface area contributed by atoms with Crippen molar-refractivity contribution in [1.29, 1.82) is 0 Å². The first-order chi connectivity index (χ1) is 6.85. The van der Waals surface area contributed by atoms with E-state index in [0.29, 0.717) is 5.41 Å². The highest BCUT2D eigenvalue weighted by Gasteiger charge is 2.34. The van der Waals surface area contributed by atoms with Crippen LogP contribution in [0, 0.1) is 11.3 Å². The van der Waals surface area contributed by atoms with Crippen molar-refractivity contribution in [3.63, 3.8) is 0 Å². The lowest BCUT2D eigenvalue weighted by atomic mass is 9.75. The number of hydrogen-bond donors (Lipinski definition) is 0. The van der Waals surface area contributed by atoms with Crippen molar-refractivity contribution in [3.05, 3.63) is 0 Å². The van der Waals surface area contributed by atoms with Crippen molar-refractivity contribution in [2.45, 2.75) is 25.7 Å². The average molecular weight is 310 g/mol. The van der Waals surface area contributed by atoms with E-state index >= 15 is 0 Å². The van der Waals surface area contributed by atoms with Crippen LogP contribution in [-0.2, 0) is 9.47 Å². The molecule has 0 aromatic rings. The van der Waals surface area contributed by atoms with Gasteiger partial charge in [0.25, 0.3) is 0 Å². The summed E-state index contributed by atoms with van der Waals surface area (Å²) in [6.07, 6.45) is 5.15. The van der Waals surface area contributed by atoms with Gasteiger partial charge >= 0.3 is 0 Å². The Bertz CT molecular complexity index is 172. The lowest BCUT2D eigenvalue weighted by molar-refractivity contribution is 0.0148. The molecule has 2 nitrogen and oxygen atoms in total. The van der Waals surface area contributed by atoms with Crippen LogP contribution in [0.3, 0.4) is 0 Å². The van der Waals surface area contributed by atoms with Gasteiger partial charge in [-0.3, -0.25) is 0 Å². The molecule has 1 unspecified atom stereocenters. The molecule has 2 aliphatic rings.